The maximum Gasteiger partial charge on any atom is 0.317 e. The molecule has 1 aliphatic rings. The topological polar surface area (TPSA) is 60.0 Å². The van der Waals surface area contributed by atoms with Crippen LogP contribution in [0.2, 0.25) is 0 Å². The van der Waals surface area contributed by atoms with Gasteiger partial charge in [-0.1, -0.05) is 32.0 Å². The SMILES string of the molecule is COc1ccc(CN(C)C(=O)NCC(C)(C)c2ccc3c(c2)OCO3)cc1. The molecule has 1 heterocycles. The van der Waals surface area contributed by atoms with Gasteiger partial charge >= 0.3 is 6.03 Å². The van der Waals surface area contributed by atoms with E-state index in [4.69, 9.17) is 14.2 Å². The Morgan fingerprint density at radius 3 is 2.56 bits per heavy atom. The summed E-state index contributed by atoms with van der Waals surface area (Å²) in [7, 11) is 3.42. The minimum absolute atomic E-state index is 0.111. The van der Waals surface area contributed by atoms with Gasteiger partial charge in [0.15, 0.2) is 11.5 Å². The number of benzene rings is 2. The Hall–Kier alpha value is -2.89. The smallest absolute Gasteiger partial charge is 0.317 e. The molecule has 2 aromatic rings. The molecule has 0 unspecified atom stereocenters. The molecule has 0 bridgehead atoms. The zero-order chi connectivity index (χ0) is 19.4. The molecule has 0 aliphatic carbocycles. The van der Waals surface area contributed by atoms with E-state index in [-0.39, 0.29) is 18.2 Å². The highest BCUT2D eigenvalue weighted by Gasteiger charge is 2.25. The van der Waals surface area contributed by atoms with Crippen molar-refractivity contribution in [3.05, 3.63) is 53.6 Å². The van der Waals surface area contributed by atoms with Crippen LogP contribution in [0.25, 0.3) is 0 Å². The molecular formula is C21H26N2O4. The molecule has 2 aromatic carbocycles. The molecule has 1 N–H and O–H groups in total. The van der Waals surface area contributed by atoms with Crippen molar-refractivity contribution in [3.8, 4) is 17.2 Å². The monoisotopic (exact) mass is 370 g/mol. The Labute approximate surface area is 160 Å². The third-order valence-corrected chi connectivity index (χ3v) is 4.76. The van der Waals surface area contributed by atoms with E-state index in [1.165, 1.54) is 0 Å². The van der Waals surface area contributed by atoms with Crippen molar-refractivity contribution in [2.75, 3.05) is 27.5 Å². The molecule has 1 aliphatic heterocycles. The van der Waals surface area contributed by atoms with Crippen molar-refractivity contribution in [2.45, 2.75) is 25.8 Å². The molecule has 0 fully saturated rings. The highest BCUT2D eigenvalue weighted by molar-refractivity contribution is 5.74. The lowest BCUT2D eigenvalue weighted by Gasteiger charge is -2.27. The van der Waals surface area contributed by atoms with Crippen LogP contribution >= 0.6 is 0 Å². The number of carbonyl (C=O) groups is 1. The summed E-state index contributed by atoms with van der Waals surface area (Å²) in [6.45, 7) is 5.48. The molecule has 3 rings (SSSR count). The van der Waals surface area contributed by atoms with Crippen LogP contribution in [0.3, 0.4) is 0 Å². The number of nitrogens with zero attached hydrogens (tertiary/aromatic N) is 1. The van der Waals surface area contributed by atoms with Crippen LogP contribution in [0.4, 0.5) is 4.79 Å². The number of carbonyl (C=O) groups excluding carboxylic acids is 1. The second-order valence-corrected chi connectivity index (χ2v) is 7.31. The molecule has 0 spiro atoms. The summed E-state index contributed by atoms with van der Waals surface area (Å²) in [4.78, 5) is 14.1. The summed E-state index contributed by atoms with van der Waals surface area (Å²) in [5.41, 5.74) is 1.89. The van der Waals surface area contributed by atoms with Crippen molar-refractivity contribution in [1.29, 1.82) is 0 Å². The molecular weight excluding hydrogens is 344 g/mol. The molecule has 2 amide bonds. The van der Waals surface area contributed by atoms with Crippen molar-refractivity contribution < 1.29 is 19.0 Å². The fraction of sp³-hybridized carbons (Fsp3) is 0.381. The van der Waals surface area contributed by atoms with Crippen LogP contribution < -0.4 is 19.5 Å². The zero-order valence-corrected chi connectivity index (χ0v) is 16.2. The Morgan fingerprint density at radius 1 is 1.15 bits per heavy atom. The van der Waals surface area contributed by atoms with Gasteiger partial charge in [-0.25, -0.2) is 4.79 Å². The standard InChI is InChI=1S/C21H26N2O4/c1-21(2,16-7-10-18-19(11-16)27-14-26-18)13-22-20(24)23(3)12-15-5-8-17(25-4)9-6-15/h5-11H,12-14H2,1-4H3,(H,22,24). The van der Waals surface area contributed by atoms with Gasteiger partial charge in [0.1, 0.15) is 5.75 Å². The lowest BCUT2D eigenvalue weighted by Crippen LogP contribution is -2.42. The average Bonchev–Trinajstić information content (AvgIpc) is 3.14. The van der Waals surface area contributed by atoms with E-state index < -0.39 is 0 Å². The fourth-order valence-corrected chi connectivity index (χ4v) is 2.93. The zero-order valence-electron chi connectivity index (χ0n) is 16.2. The van der Waals surface area contributed by atoms with Gasteiger partial charge in [0.25, 0.3) is 0 Å². The van der Waals surface area contributed by atoms with Crippen LogP contribution in [0.1, 0.15) is 25.0 Å². The van der Waals surface area contributed by atoms with Crippen molar-refractivity contribution in [2.24, 2.45) is 0 Å². The van der Waals surface area contributed by atoms with Gasteiger partial charge in [0, 0.05) is 25.6 Å². The third-order valence-electron chi connectivity index (χ3n) is 4.76. The second-order valence-electron chi connectivity index (χ2n) is 7.31. The first-order valence-corrected chi connectivity index (χ1v) is 8.91. The molecule has 27 heavy (non-hydrogen) atoms. The highest BCUT2D eigenvalue weighted by atomic mass is 16.7. The number of methoxy groups -OCH3 is 1. The van der Waals surface area contributed by atoms with Gasteiger partial charge in [-0.15, -0.1) is 0 Å². The number of fused-ring (bicyclic) bond motifs is 1. The number of rotatable bonds is 6. The van der Waals surface area contributed by atoms with Gasteiger partial charge in [-0.2, -0.15) is 0 Å². The van der Waals surface area contributed by atoms with E-state index in [1.54, 1.807) is 19.1 Å². The van der Waals surface area contributed by atoms with E-state index in [1.807, 2.05) is 42.5 Å². The van der Waals surface area contributed by atoms with E-state index in [0.717, 1.165) is 28.4 Å². The van der Waals surface area contributed by atoms with Crippen molar-refractivity contribution >= 4 is 6.03 Å². The molecule has 0 saturated carbocycles. The first-order chi connectivity index (χ1) is 12.9. The largest absolute Gasteiger partial charge is 0.497 e. The van der Waals surface area contributed by atoms with Gasteiger partial charge < -0.3 is 24.4 Å². The van der Waals surface area contributed by atoms with Crippen molar-refractivity contribution in [1.82, 2.24) is 10.2 Å². The summed E-state index contributed by atoms with van der Waals surface area (Å²) in [6.07, 6.45) is 0. The lowest BCUT2D eigenvalue weighted by molar-refractivity contribution is 0.174. The number of amides is 2. The van der Waals surface area contributed by atoms with Crippen LogP contribution in [-0.2, 0) is 12.0 Å². The third kappa shape index (κ3) is 4.45. The quantitative estimate of drug-likeness (QED) is 0.845. The maximum absolute atomic E-state index is 12.5. The Morgan fingerprint density at radius 2 is 1.85 bits per heavy atom. The molecule has 144 valence electrons. The van der Waals surface area contributed by atoms with Crippen LogP contribution in [-0.4, -0.2) is 38.4 Å². The summed E-state index contributed by atoms with van der Waals surface area (Å²) in [5, 5.41) is 3.02. The van der Waals surface area contributed by atoms with E-state index in [0.29, 0.717) is 13.1 Å². The lowest BCUT2D eigenvalue weighted by atomic mass is 9.84. The highest BCUT2D eigenvalue weighted by Crippen LogP contribution is 2.36. The predicted molar refractivity (Wildman–Crippen MR) is 103 cm³/mol. The summed E-state index contributed by atoms with van der Waals surface area (Å²) in [6, 6.07) is 13.5. The number of ether oxygens (including phenoxy) is 3. The minimum atomic E-state index is -0.238. The first kappa shape index (κ1) is 18.9. The first-order valence-electron chi connectivity index (χ1n) is 8.91. The Bertz CT molecular complexity index is 802. The molecule has 0 aromatic heterocycles. The molecule has 6 nitrogen and oxygen atoms in total. The predicted octanol–water partition coefficient (Wildman–Crippen LogP) is 3.54. The fourth-order valence-electron chi connectivity index (χ4n) is 2.93. The Balaban J connectivity index is 1.56. The number of urea groups is 1. The second kappa shape index (κ2) is 7.78. The molecule has 0 radical (unpaired) electrons. The van der Waals surface area contributed by atoms with Gasteiger partial charge in [-0.3, -0.25) is 0 Å². The maximum atomic E-state index is 12.5. The Kier molecular flexibility index (Phi) is 5.44. The van der Waals surface area contributed by atoms with Crippen LogP contribution in [0.15, 0.2) is 42.5 Å². The van der Waals surface area contributed by atoms with Crippen LogP contribution in [0.5, 0.6) is 17.2 Å². The number of hydrogen-bond donors (Lipinski definition) is 1. The number of hydrogen-bond acceptors (Lipinski definition) is 4. The van der Waals surface area contributed by atoms with Crippen LogP contribution in [0, 0.1) is 0 Å². The normalized spacial score (nSPS) is 12.6. The summed E-state index contributed by atoms with van der Waals surface area (Å²) in [5.74, 6) is 2.32. The van der Waals surface area contributed by atoms with E-state index >= 15 is 0 Å². The van der Waals surface area contributed by atoms with E-state index in [9.17, 15) is 4.79 Å². The summed E-state index contributed by atoms with van der Waals surface area (Å²) < 4.78 is 16.0. The van der Waals surface area contributed by atoms with Gasteiger partial charge in [-0.05, 0) is 35.4 Å². The minimum Gasteiger partial charge on any atom is -0.497 e. The average molecular weight is 370 g/mol. The number of nitrogens with one attached hydrogen (secondary N) is 1. The van der Waals surface area contributed by atoms with E-state index in [2.05, 4.69) is 19.2 Å². The molecule has 6 heteroatoms. The van der Waals surface area contributed by atoms with Crippen molar-refractivity contribution in [3.63, 3.8) is 0 Å². The summed E-state index contributed by atoms with van der Waals surface area (Å²) >= 11 is 0. The van der Waals surface area contributed by atoms with Gasteiger partial charge in [0.2, 0.25) is 6.79 Å². The van der Waals surface area contributed by atoms with Gasteiger partial charge in [0.05, 0.1) is 7.11 Å². The molecule has 0 saturated heterocycles. The molecule has 0 atom stereocenters.